The molecule has 7 heteroatoms. The molecule has 32 heavy (non-hydrogen) atoms. The number of ether oxygens (including phenoxy) is 1. The van der Waals surface area contributed by atoms with Crippen LogP contribution in [0.2, 0.25) is 0 Å². The predicted octanol–water partition coefficient (Wildman–Crippen LogP) is 5.30. The lowest BCUT2D eigenvalue weighted by atomic mass is 9.80. The molecule has 3 heterocycles. The largest absolute Gasteiger partial charge is 0.381 e. The van der Waals surface area contributed by atoms with Crippen LogP contribution in [0.5, 0.6) is 0 Å². The van der Waals surface area contributed by atoms with Gasteiger partial charge in [0.25, 0.3) is 0 Å². The van der Waals surface area contributed by atoms with Crippen LogP contribution in [0.4, 0.5) is 4.39 Å². The van der Waals surface area contributed by atoms with Gasteiger partial charge in [-0.2, -0.15) is 0 Å². The van der Waals surface area contributed by atoms with E-state index in [4.69, 9.17) is 4.74 Å². The molecule has 1 saturated heterocycles. The van der Waals surface area contributed by atoms with Crippen LogP contribution in [-0.4, -0.2) is 36.8 Å². The molecular weight excluding hydrogens is 427 g/mol. The lowest BCUT2D eigenvalue weighted by Gasteiger charge is -2.29. The molecule has 3 aliphatic rings. The summed E-state index contributed by atoms with van der Waals surface area (Å²) in [6.45, 7) is 1.60. The Bertz CT molecular complexity index is 1120. The summed E-state index contributed by atoms with van der Waals surface area (Å²) in [6.07, 6.45) is 11.2. The zero-order valence-electron chi connectivity index (χ0n) is 18.1. The Labute approximate surface area is 188 Å². The van der Waals surface area contributed by atoms with E-state index in [1.54, 1.807) is 6.07 Å². The van der Waals surface area contributed by atoms with E-state index in [1.807, 2.05) is 18.2 Å². The van der Waals surface area contributed by atoms with Gasteiger partial charge in [-0.3, -0.25) is 4.98 Å². The van der Waals surface area contributed by atoms with Gasteiger partial charge in [0, 0.05) is 29.7 Å². The summed E-state index contributed by atoms with van der Waals surface area (Å²) in [4.78, 5) is 8.30. The Morgan fingerprint density at radius 1 is 1.06 bits per heavy atom. The van der Waals surface area contributed by atoms with Crippen molar-refractivity contribution in [2.24, 2.45) is 5.92 Å². The van der Waals surface area contributed by atoms with Gasteiger partial charge in [0.2, 0.25) is 0 Å². The number of allylic oxidation sites excluding steroid dienone is 4. The second-order valence-electron chi connectivity index (χ2n) is 9.15. The van der Waals surface area contributed by atoms with E-state index in [0.29, 0.717) is 22.9 Å². The summed E-state index contributed by atoms with van der Waals surface area (Å²) in [5, 5.41) is -0.157. The molecule has 0 amide bonds. The monoisotopic (exact) mass is 456 g/mol. The number of hydrogen-bond donors (Lipinski definition) is 1. The third kappa shape index (κ3) is 4.59. The second-order valence-corrected chi connectivity index (χ2v) is 11.4. The average Bonchev–Trinajstić information content (AvgIpc) is 3.58. The smallest absolute Gasteiger partial charge is 0.177 e. The highest BCUT2D eigenvalue weighted by molar-refractivity contribution is 7.96. The van der Waals surface area contributed by atoms with E-state index in [-0.39, 0.29) is 17.0 Å². The number of nitrogens with one attached hydrogen (secondary N) is 1. The van der Waals surface area contributed by atoms with Gasteiger partial charge >= 0.3 is 0 Å². The van der Waals surface area contributed by atoms with E-state index >= 15 is 0 Å². The molecule has 0 radical (unpaired) electrons. The van der Waals surface area contributed by atoms with Crippen molar-refractivity contribution in [1.29, 1.82) is 0 Å². The number of aromatic amines is 1. The van der Waals surface area contributed by atoms with Gasteiger partial charge < -0.3 is 9.72 Å². The van der Waals surface area contributed by atoms with E-state index < -0.39 is 9.84 Å². The zero-order valence-corrected chi connectivity index (χ0v) is 18.9. The van der Waals surface area contributed by atoms with Crippen LogP contribution in [0.1, 0.15) is 56.6 Å². The Morgan fingerprint density at radius 2 is 1.88 bits per heavy atom. The maximum Gasteiger partial charge on any atom is 0.177 e. The number of pyridine rings is 1. The zero-order chi connectivity index (χ0) is 22.1. The molecule has 0 aromatic carbocycles. The summed E-state index contributed by atoms with van der Waals surface area (Å²) in [7, 11) is -3.11. The Balaban J connectivity index is 1.43. The fraction of sp³-hybridized carbons (Fsp3) is 0.480. The molecule has 2 aliphatic carbocycles. The number of aromatic nitrogens is 2. The highest BCUT2D eigenvalue weighted by Gasteiger charge is 2.38. The van der Waals surface area contributed by atoms with Crippen LogP contribution in [0.3, 0.4) is 0 Å². The topological polar surface area (TPSA) is 72.1 Å². The standard InChI is InChI=1S/C25H29FN2O3S/c26-19-3-8-24(27-16-19)25-10-9-23(28-25)22(15-17-11-13-31-14-12-17)18-1-4-20(5-2-18)32(29,30)21-6-7-21/h1,3-4,8-10,16-17,21-22,28H,2,5-7,11-15H2. The summed E-state index contributed by atoms with van der Waals surface area (Å²) in [6, 6.07) is 7.18. The lowest BCUT2D eigenvalue weighted by Crippen LogP contribution is -2.20. The molecule has 0 bridgehead atoms. The van der Waals surface area contributed by atoms with Crippen molar-refractivity contribution in [2.45, 2.75) is 56.1 Å². The van der Waals surface area contributed by atoms with E-state index in [1.165, 1.54) is 17.8 Å². The van der Waals surface area contributed by atoms with Gasteiger partial charge in [-0.05, 0) is 81.2 Å². The molecule has 5 nitrogen and oxygen atoms in total. The highest BCUT2D eigenvalue weighted by atomic mass is 32.2. The summed E-state index contributed by atoms with van der Waals surface area (Å²) in [5.41, 5.74) is 3.94. The molecule has 1 aliphatic heterocycles. The fourth-order valence-corrected chi connectivity index (χ4v) is 6.68. The molecule has 0 spiro atoms. The highest BCUT2D eigenvalue weighted by Crippen LogP contribution is 2.41. The summed E-state index contributed by atoms with van der Waals surface area (Å²) < 4.78 is 44.1. The Kier molecular flexibility index (Phi) is 6.03. The number of rotatable bonds is 7. The number of sulfone groups is 1. The fourth-order valence-electron chi connectivity index (χ4n) is 4.85. The normalized spacial score (nSPS) is 21.2. The first-order valence-corrected chi connectivity index (χ1v) is 13.1. The van der Waals surface area contributed by atoms with Gasteiger partial charge in [0.1, 0.15) is 5.82 Å². The van der Waals surface area contributed by atoms with Crippen LogP contribution in [-0.2, 0) is 14.6 Å². The van der Waals surface area contributed by atoms with Gasteiger partial charge in [0.05, 0.1) is 22.8 Å². The number of nitrogens with zero attached hydrogens (tertiary/aromatic N) is 1. The van der Waals surface area contributed by atoms with E-state index in [9.17, 15) is 12.8 Å². The molecular formula is C25H29FN2O3S. The van der Waals surface area contributed by atoms with Crippen LogP contribution < -0.4 is 0 Å². The van der Waals surface area contributed by atoms with Crippen molar-refractivity contribution in [3.8, 4) is 11.4 Å². The van der Waals surface area contributed by atoms with Crippen LogP contribution in [0.25, 0.3) is 11.4 Å². The van der Waals surface area contributed by atoms with E-state index in [2.05, 4.69) is 16.0 Å². The van der Waals surface area contributed by atoms with Crippen molar-refractivity contribution < 1.29 is 17.5 Å². The number of hydrogen-bond acceptors (Lipinski definition) is 4. The summed E-state index contributed by atoms with van der Waals surface area (Å²) >= 11 is 0. The van der Waals surface area contributed by atoms with Crippen molar-refractivity contribution in [2.75, 3.05) is 13.2 Å². The van der Waals surface area contributed by atoms with Crippen LogP contribution in [0.15, 0.2) is 53.1 Å². The van der Waals surface area contributed by atoms with Crippen molar-refractivity contribution in [3.05, 3.63) is 64.6 Å². The summed E-state index contributed by atoms with van der Waals surface area (Å²) in [5.74, 6) is 0.411. The van der Waals surface area contributed by atoms with E-state index in [0.717, 1.165) is 63.1 Å². The molecule has 2 fully saturated rings. The van der Waals surface area contributed by atoms with Crippen molar-refractivity contribution >= 4 is 9.84 Å². The minimum absolute atomic E-state index is 0.157. The van der Waals surface area contributed by atoms with Gasteiger partial charge in [-0.1, -0.05) is 11.6 Å². The molecule has 2 aromatic heterocycles. The quantitative estimate of drug-likeness (QED) is 0.614. The minimum atomic E-state index is -3.11. The molecule has 2 aromatic rings. The predicted molar refractivity (Wildman–Crippen MR) is 122 cm³/mol. The van der Waals surface area contributed by atoms with Crippen molar-refractivity contribution in [3.63, 3.8) is 0 Å². The molecule has 170 valence electrons. The molecule has 1 atom stereocenters. The average molecular weight is 457 g/mol. The first-order chi connectivity index (χ1) is 15.5. The number of H-pyrrole nitrogens is 1. The molecule has 1 N–H and O–H groups in total. The van der Waals surface area contributed by atoms with Crippen LogP contribution >= 0.6 is 0 Å². The number of halogens is 1. The Morgan fingerprint density at radius 3 is 2.53 bits per heavy atom. The second kappa shape index (κ2) is 8.94. The van der Waals surface area contributed by atoms with Gasteiger partial charge in [-0.25, -0.2) is 12.8 Å². The Hall–Kier alpha value is -2.25. The SMILES string of the molecule is O=S(=O)(C1=CC=C(C(CC2CCOCC2)c2ccc(-c3ccc(F)cn3)[nH]2)CC1)C1CC1. The first-order valence-electron chi connectivity index (χ1n) is 11.5. The molecule has 1 saturated carbocycles. The third-order valence-electron chi connectivity index (χ3n) is 6.92. The van der Waals surface area contributed by atoms with Crippen LogP contribution in [0, 0.1) is 11.7 Å². The maximum atomic E-state index is 13.3. The first kappa shape index (κ1) is 21.6. The van der Waals surface area contributed by atoms with Gasteiger partial charge in [0.15, 0.2) is 9.84 Å². The van der Waals surface area contributed by atoms with Gasteiger partial charge in [-0.15, -0.1) is 0 Å². The lowest BCUT2D eigenvalue weighted by molar-refractivity contribution is 0.0624. The van der Waals surface area contributed by atoms with Crippen molar-refractivity contribution in [1.82, 2.24) is 9.97 Å². The third-order valence-corrected chi connectivity index (χ3v) is 9.34. The minimum Gasteiger partial charge on any atom is -0.381 e. The molecule has 5 rings (SSSR count). The maximum absolute atomic E-state index is 13.3. The molecule has 1 unspecified atom stereocenters.